The number of carbonyl (C=O) groups excluding carboxylic acids is 1. The number of morpholine rings is 1. The highest BCUT2D eigenvalue weighted by molar-refractivity contribution is 5.93. The van der Waals surface area contributed by atoms with Gasteiger partial charge in [-0.2, -0.15) is 0 Å². The van der Waals surface area contributed by atoms with Crippen molar-refractivity contribution in [2.24, 2.45) is 0 Å². The number of carbonyl (C=O) groups is 1. The molecule has 0 spiro atoms. The third kappa shape index (κ3) is 5.21. The Bertz CT molecular complexity index is 803. The number of amides is 1. The molecule has 2 aromatic heterocycles. The van der Waals surface area contributed by atoms with Crippen LogP contribution in [0.2, 0.25) is 0 Å². The van der Waals surface area contributed by atoms with Crippen molar-refractivity contribution in [2.45, 2.75) is 25.5 Å². The lowest BCUT2D eigenvalue weighted by Crippen LogP contribution is -2.37. The smallest absolute Gasteiger partial charge is 0.253 e. The van der Waals surface area contributed by atoms with E-state index in [0.717, 1.165) is 37.3 Å². The van der Waals surface area contributed by atoms with Crippen molar-refractivity contribution >= 4 is 11.7 Å². The lowest BCUT2D eigenvalue weighted by atomic mass is 10.1. The molecule has 0 saturated carbocycles. The fourth-order valence-electron chi connectivity index (χ4n) is 3.45. The molecule has 2 saturated heterocycles. The van der Waals surface area contributed by atoms with Gasteiger partial charge in [-0.3, -0.25) is 4.79 Å². The van der Waals surface area contributed by atoms with Crippen molar-refractivity contribution in [1.82, 2.24) is 15.3 Å². The average molecular weight is 398 g/mol. The second-order valence-electron chi connectivity index (χ2n) is 7.08. The molecular weight excluding hydrogens is 372 g/mol. The maximum Gasteiger partial charge on any atom is 0.253 e. The Kier molecular flexibility index (Phi) is 6.53. The van der Waals surface area contributed by atoms with E-state index in [1.54, 1.807) is 24.5 Å². The van der Waals surface area contributed by atoms with Crippen LogP contribution in [0.4, 0.5) is 5.82 Å². The van der Waals surface area contributed by atoms with E-state index in [9.17, 15) is 4.79 Å². The first-order chi connectivity index (χ1) is 14.3. The van der Waals surface area contributed by atoms with Gasteiger partial charge in [0.2, 0.25) is 5.88 Å². The highest BCUT2D eigenvalue weighted by Crippen LogP contribution is 2.19. The molecule has 8 heteroatoms. The molecule has 2 aliphatic heterocycles. The van der Waals surface area contributed by atoms with Gasteiger partial charge in [0.1, 0.15) is 11.9 Å². The number of aromatic nitrogens is 2. The molecule has 2 aliphatic rings. The molecule has 0 unspecified atom stereocenters. The molecule has 0 aliphatic carbocycles. The van der Waals surface area contributed by atoms with Crippen LogP contribution in [0.15, 0.2) is 36.7 Å². The van der Waals surface area contributed by atoms with E-state index in [0.29, 0.717) is 44.4 Å². The Balaban J connectivity index is 1.34. The predicted molar refractivity (Wildman–Crippen MR) is 107 cm³/mol. The number of hydrogen-bond donors (Lipinski definition) is 1. The molecule has 2 aromatic rings. The topological polar surface area (TPSA) is 85.8 Å². The van der Waals surface area contributed by atoms with Gasteiger partial charge in [-0.05, 0) is 12.1 Å². The van der Waals surface area contributed by atoms with Gasteiger partial charge < -0.3 is 24.4 Å². The van der Waals surface area contributed by atoms with E-state index in [1.165, 1.54) is 0 Å². The van der Waals surface area contributed by atoms with Crippen LogP contribution in [-0.4, -0.2) is 61.5 Å². The first-order valence-corrected chi connectivity index (χ1v) is 10.0. The summed E-state index contributed by atoms with van der Waals surface area (Å²) in [6, 6.07) is 7.35. The number of pyridine rings is 2. The van der Waals surface area contributed by atoms with Crippen LogP contribution in [0.25, 0.3) is 0 Å². The first-order valence-electron chi connectivity index (χ1n) is 10.0. The SMILES string of the molecule is O=C(NCc1cccnc1N1CCOCC1)c1ccc(OC2CCOCC2)nc1. The molecule has 1 N–H and O–H groups in total. The van der Waals surface area contributed by atoms with Crippen LogP contribution in [0.5, 0.6) is 5.88 Å². The van der Waals surface area contributed by atoms with E-state index >= 15 is 0 Å². The van der Waals surface area contributed by atoms with Gasteiger partial charge in [0.15, 0.2) is 0 Å². The Hall–Kier alpha value is -2.71. The summed E-state index contributed by atoms with van der Waals surface area (Å²) in [7, 11) is 0. The molecule has 0 atom stereocenters. The quantitative estimate of drug-likeness (QED) is 0.794. The standard InChI is InChI=1S/C21H26N4O4/c26-21(17-3-4-19(23-15-17)29-18-5-10-27-11-6-18)24-14-16-2-1-7-22-20(16)25-8-12-28-13-9-25/h1-4,7,15,18H,5-6,8-14H2,(H,24,26). The summed E-state index contributed by atoms with van der Waals surface area (Å²) in [5, 5.41) is 2.96. The van der Waals surface area contributed by atoms with Crippen molar-refractivity contribution in [3.05, 3.63) is 47.8 Å². The summed E-state index contributed by atoms with van der Waals surface area (Å²) in [6.07, 6.45) is 5.18. The average Bonchev–Trinajstić information content (AvgIpc) is 2.79. The third-order valence-corrected chi connectivity index (χ3v) is 5.07. The minimum atomic E-state index is -0.174. The monoisotopic (exact) mass is 398 g/mol. The number of ether oxygens (including phenoxy) is 3. The zero-order valence-corrected chi connectivity index (χ0v) is 16.4. The molecule has 0 radical (unpaired) electrons. The van der Waals surface area contributed by atoms with E-state index in [2.05, 4.69) is 20.2 Å². The number of hydrogen-bond acceptors (Lipinski definition) is 7. The number of rotatable bonds is 6. The zero-order chi connectivity index (χ0) is 19.9. The summed E-state index contributed by atoms with van der Waals surface area (Å²) in [4.78, 5) is 23.5. The van der Waals surface area contributed by atoms with Crippen molar-refractivity contribution in [3.63, 3.8) is 0 Å². The molecule has 1 amide bonds. The highest BCUT2D eigenvalue weighted by atomic mass is 16.5. The van der Waals surface area contributed by atoms with E-state index in [-0.39, 0.29) is 12.0 Å². The van der Waals surface area contributed by atoms with Gasteiger partial charge in [0, 0.05) is 56.5 Å². The van der Waals surface area contributed by atoms with Crippen LogP contribution < -0.4 is 15.0 Å². The summed E-state index contributed by atoms with van der Waals surface area (Å²) < 4.78 is 16.6. The van der Waals surface area contributed by atoms with Gasteiger partial charge in [-0.15, -0.1) is 0 Å². The van der Waals surface area contributed by atoms with Crippen LogP contribution in [0.1, 0.15) is 28.8 Å². The van der Waals surface area contributed by atoms with Gasteiger partial charge in [-0.1, -0.05) is 6.07 Å². The van der Waals surface area contributed by atoms with Gasteiger partial charge >= 0.3 is 0 Å². The van der Waals surface area contributed by atoms with E-state index < -0.39 is 0 Å². The summed E-state index contributed by atoms with van der Waals surface area (Å²) in [6.45, 7) is 4.82. The number of nitrogens with one attached hydrogen (secondary N) is 1. The minimum Gasteiger partial charge on any atom is -0.474 e. The van der Waals surface area contributed by atoms with Gasteiger partial charge in [0.05, 0.1) is 32.0 Å². The predicted octanol–water partition coefficient (Wildman–Crippen LogP) is 1.80. The Morgan fingerprint density at radius 2 is 1.90 bits per heavy atom. The summed E-state index contributed by atoms with van der Waals surface area (Å²) in [5.74, 6) is 1.26. The molecule has 0 aromatic carbocycles. The fourth-order valence-corrected chi connectivity index (χ4v) is 3.45. The molecule has 8 nitrogen and oxygen atoms in total. The van der Waals surface area contributed by atoms with Crippen molar-refractivity contribution in [3.8, 4) is 5.88 Å². The zero-order valence-electron chi connectivity index (χ0n) is 16.4. The van der Waals surface area contributed by atoms with Crippen LogP contribution in [0, 0.1) is 0 Å². The molecule has 2 fully saturated rings. The van der Waals surface area contributed by atoms with E-state index in [4.69, 9.17) is 14.2 Å². The fraction of sp³-hybridized carbons (Fsp3) is 0.476. The molecule has 0 bridgehead atoms. The van der Waals surface area contributed by atoms with Crippen molar-refractivity contribution in [1.29, 1.82) is 0 Å². The van der Waals surface area contributed by atoms with Gasteiger partial charge in [-0.25, -0.2) is 9.97 Å². The molecular formula is C21H26N4O4. The number of nitrogens with zero attached hydrogens (tertiary/aromatic N) is 3. The van der Waals surface area contributed by atoms with Crippen molar-refractivity contribution < 1.29 is 19.0 Å². The Morgan fingerprint density at radius 1 is 1.10 bits per heavy atom. The summed E-state index contributed by atoms with van der Waals surface area (Å²) >= 11 is 0. The normalized spacial score (nSPS) is 17.7. The summed E-state index contributed by atoms with van der Waals surface area (Å²) in [5.41, 5.74) is 1.48. The molecule has 154 valence electrons. The maximum atomic E-state index is 12.5. The second kappa shape index (κ2) is 9.67. The molecule has 4 rings (SSSR count). The second-order valence-corrected chi connectivity index (χ2v) is 7.08. The van der Waals surface area contributed by atoms with Crippen molar-refractivity contribution in [2.75, 3.05) is 44.4 Å². The Morgan fingerprint density at radius 3 is 2.66 bits per heavy atom. The minimum absolute atomic E-state index is 0.125. The largest absolute Gasteiger partial charge is 0.474 e. The van der Waals surface area contributed by atoms with Crippen LogP contribution in [-0.2, 0) is 16.0 Å². The first kappa shape index (κ1) is 19.6. The van der Waals surface area contributed by atoms with Gasteiger partial charge in [0.25, 0.3) is 5.91 Å². The van der Waals surface area contributed by atoms with Crippen LogP contribution >= 0.6 is 0 Å². The van der Waals surface area contributed by atoms with Crippen LogP contribution in [0.3, 0.4) is 0 Å². The molecule has 29 heavy (non-hydrogen) atoms. The third-order valence-electron chi connectivity index (χ3n) is 5.07. The van der Waals surface area contributed by atoms with E-state index in [1.807, 2.05) is 12.1 Å². The molecule has 4 heterocycles. The lowest BCUT2D eigenvalue weighted by Gasteiger charge is -2.29. The lowest BCUT2D eigenvalue weighted by molar-refractivity contribution is 0.0237. The number of anilines is 1. The maximum absolute atomic E-state index is 12.5. The Labute approximate surface area is 170 Å². The highest BCUT2D eigenvalue weighted by Gasteiger charge is 2.18.